The van der Waals surface area contributed by atoms with Crippen molar-refractivity contribution in [2.24, 2.45) is 0 Å². The monoisotopic (exact) mass is 284 g/mol. The van der Waals surface area contributed by atoms with Gasteiger partial charge in [-0.05, 0) is 31.0 Å². The highest BCUT2D eigenvalue weighted by Gasteiger charge is 2.15. The summed E-state index contributed by atoms with van der Waals surface area (Å²) in [6, 6.07) is 6.04. The summed E-state index contributed by atoms with van der Waals surface area (Å²) < 4.78 is 26.3. The lowest BCUT2D eigenvalue weighted by Crippen LogP contribution is -2.26. The molecule has 0 saturated heterocycles. The van der Waals surface area contributed by atoms with Crippen molar-refractivity contribution in [1.29, 1.82) is 0 Å². The van der Waals surface area contributed by atoms with E-state index in [-0.39, 0.29) is 10.8 Å². The summed E-state index contributed by atoms with van der Waals surface area (Å²) in [7, 11) is -3.53. The summed E-state index contributed by atoms with van der Waals surface area (Å²) in [6.45, 7) is 4.80. The summed E-state index contributed by atoms with van der Waals surface area (Å²) in [5.41, 5.74) is 0.354. The number of sulfonamides is 1. The van der Waals surface area contributed by atoms with Gasteiger partial charge >= 0.3 is 0 Å². The third-order valence-electron chi connectivity index (χ3n) is 2.48. The topological polar surface area (TPSA) is 75.3 Å². The Morgan fingerprint density at radius 3 is 2.47 bits per heavy atom. The minimum atomic E-state index is -3.53. The van der Waals surface area contributed by atoms with Gasteiger partial charge in [0, 0.05) is 18.7 Å². The van der Waals surface area contributed by atoms with E-state index in [4.69, 9.17) is 0 Å². The van der Waals surface area contributed by atoms with Crippen LogP contribution in [0.1, 0.15) is 37.0 Å². The molecule has 1 amide bonds. The molecule has 0 aromatic heterocycles. The molecule has 0 radical (unpaired) electrons. The van der Waals surface area contributed by atoms with Gasteiger partial charge < -0.3 is 5.32 Å². The van der Waals surface area contributed by atoms with Gasteiger partial charge in [-0.3, -0.25) is 4.79 Å². The van der Waals surface area contributed by atoms with Crippen LogP contribution in [0.4, 0.5) is 0 Å². The Bertz CT molecular complexity index is 526. The zero-order chi connectivity index (χ0) is 14.3. The van der Waals surface area contributed by atoms with Crippen molar-refractivity contribution in [3.63, 3.8) is 0 Å². The Labute approximate surface area is 114 Å². The van der Waals surface area contributed by atoms with Crippen LogP contribution in [0.2, 0.25) is 0 Å². The Balaban J connectivity index is 2.91. The van der Waals surface area contributed by atoms with Gasteiger partial charge in [-0.15, -0.1) is 0 Å². The Kier molecular flexibility index (Phi) is 5.98. The van der Waals surface area contributed by atoms with Crippen molar-refractivity contribution < 1.29 is 13.2 Å². The summed E-state index contributed by atoms with van der Waals surface area (Å²) in [5.74, 6) is -0.255. The second-order valence-corrected chi connectivity index (χ2v) is 5.95. The predicted molar refractivity (Wildman–Crippen MR) is 74.5 cm³/mol. The highest BCUT2D eigenvalue weighted by atomic mass is 32.2. The third kappa shape index (κ3) is 4.65. The molecule has 0 bridgehead atoms. The van der Waals surface area contributed by atoms with Crippen molar-refractivity contribution in [2.75, 3.05) is 13.1 Å². The fraction of sp³-hybridized carbons (Fsp3) is 0.462. The smallest absolute Gasteiger partial charge is 0.251 e. The Hall–Kier alpha value is -1.40. The lowest BCUT2D eigenvalue weighted by atomic mass is 10.2. The first-order chi connectivity index (χ1) is 9.01. The molecule has 0 atom stereocenters. The van der Waals surface area contributed by atoms with E-state index in [9.17, 15) is 13.2 Å². The average molecular weight is 284 g/mol. The molecule has 0 aliphatic rings. The maximum Gasteiger partial charge on any atom is 0.251 e. The summed E-state index contributed by atoms with van der Waals surface area (Å²) in [5, 5.41) is 2.72. The van der Waals surface area contributed by atoms with Gasteiger partial charge in [-0.25, -0.2) is 13.1 Å². The molecule has 0 fully saturated rings. The number of hydrogen-bond donors (Lipinski definition) is 2. The first-order valence-electron chi connectivity index (χ1n) is 6.39. The molecule has 2 N–H and O–H groups in total. The number of rotatable bonds is 7. The fourth-order valence-electron chi connectivity index (χ4n) is 1.46. The van der Waals surface area contributed by atoms with E-state index >= 15 is 0 Å². The van der Waals surface area contributed by atoms with Gasteiger partial charge in [0.25, 0.3) is 5.91 Å². The molecule has 1 rings (SSSR count). The number of amides is 1. The molecule has 0 spiro atoms. The highest BCUT2D eigenvalue weighted by Crippen LogP contribution is 2.11. The maximum atomic E-state index is 11.9. The standard InChI is InChI=1S/C13H20N2O3S/c1-3-8-14-13(16)11-6-5-7-12(10-11)19(17,18)15-9-4-2/h5-7,10,15H,3-4,8-9H2,1-2H3,(H,14,16). The molecule has 1 aromatic rings. The van der Waals surface area contributed by atoms with Gasteiger partial charge in [0.1, 0.15) is 0 Å². The number of carbonyl (C=O) groups is 1. The molecule has 0 aliphatic heterocycles. The molecule has 0 heterocycles. The largest absolute Gasteiger partial charge is 0.352 e. The number of nitrogens with one attached hydrogen (secondary N) is 2. The Morgan fingerprint density at radius 2 is 1.84 bits per heavy atom. The maximum absolute atomic E-state index is 11.9. The van der Waals surface area contributed by atoms with Gasteiger partial charge in [0.15, 0.2) is 0 Å². The van der Waals surface area contributed by atoms with Crippen LogP contribution < -0.4 is 10.0 Å². The van der Waals surface area contributed by atoms with Gasteiger partial charge in [-0.2, -0.15) is 0 Å². The minimum Gasteiger partial charge on any atom is -0.352 e. The van der Waals surface area contributed by atoms with E-state index < -0.39 is 10.0 Å². The number of hydrogen-bond acceptors (Lipinski definition) is 3. The van der Waals surface area contributed by atoms with Gasteiger partial charge in [0.05, 0.1) is 4.90 Å². The third-order valence-corrected chi connectivity index (χ3v) is 3.94. The predicted octanol–water partition coefficient (Wildman–Crippen LogP) is 1.51. The molecule has 0 aliphatic carbocycles. The van der Waals surface area contributed by atoms with E-state index in [0.717, 1.165) is 12.8 Å². The lowest BCUT2D eigenvalue weighted by molar-refractivity contribution is 0.0953. The first kappa shape index (κ1) is 15.7. The van der Waals surface area contributed by atoms with Crippen molar-refractivity contribution in [1.82, 2.24) is 10.0 Å². The van der Waals surface area contributed by atoms with Crippen LogP contribution in [0.3, 0.4) is 0 Å². The Morgan fingerprint density at radius 1 is 1.16 bits per heavy atom. The number of benzene rings is 1. The van der Waals surface area contributed by atoms with Gasteiger partial charge in [-0.1, -0.05) is 19.9 Å². The molecule has 106 valence electrons. The van der Waals surface area contributed by atoms with Crippen LogP contribution in [0.5, 0.6) is 0 Å². The second-order valence-electron chi connectivity index (χ2n) is 4.18. The minimum absolute atomic E-state index is 0.116. The van der Waals surface area contributed by atoms with Crippen LogP contribution in [-0.4, -0.2) is 27.4 Å². The van der Waals surface area contributed by atoms with Crippen molar-refractivity contribution >= 4 is 15.9 Å². The highest BCUT2D eigenvalue weighted by molar-refractivity contribution is 7.89. The normalized spacial score (nSPS) is 11.3. The SMILES string of the molecule is CCCNC(=O)c1cccc(S(=O)(=O)NCCC)c1. The molecule has 5 nitrogen and oxygen atoms in total. The van der Waals surface area contributed by atoms with Crippen molar-refractivity contribution in [3.05, 3.63) is 29.8 Å². The summed E-state index contributed by atoms with van der Waals surface area (Å²) in [4.78, 5) is 11.9. The fourth-order valence-corrected chi connectivity index (χ4v) is 2.64. The van der Waals surface area contributed by atoms with Crippen LogP contribution in [0, 0.1) is 0 Å². The van der Waals surface area contributed by atoms with Crippen molar-refractivity contribution in [3.8, 4) is 0 Å². The van der Waals surface area contributed by atoms with E-state index in [0.29, 0.717) is 18.7 Å². The molecule has 19 heavy (non-hydrogen) atoms. The lowest BCUT2D eigenvalue weighted by Gasteiger charge is -2.08. The molecule has 0 unspecified atom stereocenters. The van der Waals surface area contributed by atoms with Crippen LogP contribution >= 0.6 is 0 Å². The zero-order valence-electron chi connectivity index (χ0n) is 11.3. The quantitative estimate of drug-likeness (QED) is 0.797. The van der Waals surface area contributed by atoms with E-state index in [1.165, 1.54) is 12.1 Å². The van der Waals surface area contributed by atoms with Crippen LogP contribution in [-0.2, 0) is 10.0 Å². The zero-order valence-corrected chi connectivity index (χ0v) is 12.1. The molecule has 1 aromatic carbocycles. The molecular formula is C13H20N2O3S. The molecule has 6 heteroatoms. The molecular weight excluding hydrogens is 264 g/mol. The molecule has 0 saturated carbocycles. The average Bonchev–Trinajstić information content (AvgIpc) is 2.42. The summed E-state index contributed by atoms with van der Waals surface area (Å²) in [6.07, 6.45) is 1.55. The van der Waals surface area contributed by atoms with Crippen LogP contribution in [0.15, 0.2) is 29.2 Å². The van der Waals surface area contributed by atoms with Crippen molar-refractivity contribution in [2.45, 2.75) is 31.6 Å². The van der Waals surface area contributed by atoms with Gasteiger partial charge in [0.2, 0.25) is 10.0 Å². The van der Waals surface area contributed by atoms with E-state index in [2.05, 4.69) is 10.0 Å². The van der Waals surface area contributed by atoms with E-state index in [1.54, 1.807) is 12.1 Å². The number of carbonyl (C=O) groups excluding carboxylic acids is 1. The summed E-state index contributed by atoms with van der Waals surface area (Å²) >= 11 is 0. The van der Waals surface area contributed by atoms with E-state index in [1.807, 2.05) is 13.8 Å². The van der Waals surface area contributed by atoms with Crippen LogP contribution in [0.25, 0.3) is 0 Å². The first-order valence-corrected chi connectivity index (χ1v) is 7.87. The second kappa shape index (κ2) is 7.25.